The summed E-state index contributed by atoms with van der Waals surface area (Å²) < 4.78 is 0. The van der Waals surface area contributed by atoms with Gasteiger partial charge >= 0.3 is 0 Å². The molecule has 1 aliphatic heterocycles. The summed E-state index contributed by atoms with van der Waals surface area (Å²) in [7, 11) is 0. The first-order valence-corrected chi connectivity index (χ1v) is 7.85. The molecule has 2 atom stereocenters. The van der Waals surface area contributed by atoms with Crippen LogP contribution in [-0.2, 0) is 6.42 Å². The first-order valence-electron chi connectivity index (χ1n) is 7.85. The number of para-hydroxylation sites is 1. The lowest BCUT2D eigenvalue weighted by Crippen LogP contribution is -2.28. The van der Waals surface area contributed by atoms with E-state index in [1.807, 2.05) is 0 Å². The zero-order valence-electron chi connectivity index (χ0n) is 11.7. The molecule has 2 unspecified atom stereocenters. The SMILES string of the molecule is OC1CCCC1CCN1CCCCc2ccccc21. The van der Waals surface area contributed by atoms with Gasteiger partial charge in [-0.2, -0.15) is 0 Å². The minimum absolute atomic E-state index is 0.0396. The molecule has 0 bridgehead atoms. The van der Waals surface area contributed by atoms with Gasteiger partial charge in [0.15, 0.2) is 0 Å². The van der Waals surface area contributed by atoms with Gasteiger partial charge in [-0.15, -0.1) is 0 Å². The molecule has 1 fully saturated rings. The number of aryl methyl sites for hydroxylation is 1. The standard InChI is InChI=1S/C17H25NO/c19-17-10-5-8-15(17)11-13-18-12-4-3-7-14-6-1-2-9-16(14)18/h1-2,6,9,15,17,19H,3-5,7-8,10-13H2. The molecule has 0 aromatic heterocycles. The number of aliphatic hydroxyl groups excluding tert-OH is 1. The highest BCUT2D eigenvalue weighted by atomic mass is 16.3. The van der Waals surface area contributed by atoms with Crippen molar-refractivity contribution in [2.75, 3.05) is 18.0 Å². The molecule has 1 aromatic rings. The Morgan fingerprint density at radius 1 is 1.11 bits per heavy atom. The number of benzene rings is 1. The lowest BCUT2D eigenvalue weighted by Gasteiger charge is -2.27. The van der Waals surface area contributed by atoms with E-state index in [9.17, 15) is 5.11 Å². The largest absolute Gasteiger partial charge is 0.393 e. The second-order valence-corrected chi connectivity index (χ2v) is 6.12. The van der Waals surface area contributed by atoms with Crippen LogP contribution in [0.4, 0.5) is 5.69 Å². The van der Waals surface area contributed by atoms with Gasteiger partial charge in [0, 0.05) is 18.8 Å². The van der Waals surface area contributed by atoms with Crippen molar-refractivity contribution in [3.8, 4) is 0 Å². The van der Waals surface area contributed by atoms with Gasteiger partial charge in [-0.05, 0) is 56.1 Å². The van der Waals surface area contributed by atoms with Crippen LogP contribution in [-0.4, -0.2) is 24.3 Å². The molecular formula is C17H25NO. The van der Waals surface area contributed by atoms with Crippen molar-refractivity contribution in [1.29, 1.82) is 0 Å². The molecule has 1 heterocycles. The second-order valence-electron chi connectivity index (χ2n) is 6.12. The summed E-state index contributed by atoms with van der Waals surface area (Å²) >= 11 is 0. The van der Waals surface area contributed by atoms with Gasteiger partial charge < -0.3 is 10.0 Å². The molecule has 2 heteroatoms. The fraction of sp³-hybridized carbons (Fsp3) is 0.647. The van der Waals surface area contributed by atoms with Gasteiger partial charge in [-0.3, -0.25) is 0 Å². The van der Waals surface area contributed by atoms with Crippen LogP contribution >= 0.6 is 0 Å². The molecule has 0 amide bonds. The summed E-state index contributed by atoms with van der Waals surface area (Å²) in [6.07, 6.45) is 8.37. The Hall–Kier alpha value is -1.02. The molecule has 0 radical (unpaired) electrons. The van der Waals surface area contributed by atoms with E-state index in [2.05, 4.69) is 29.2 Å². The third-order valence-corrected chi connectivity index (χ3v) is 4.85. The van der Waals surface area contributed by atoms with E-state index in [1.165, 1.54) is 49.9 Å². The minimum Gasteiger partial charge on any atom is -0.393 e. The van der Waals surface area contributed by atoms with E-state index in [0.29, 0.717) is 5.92 Å². The maximum Gasteiger partial charge on any atom is 0.0569 e. The number of anilines is 1. The van der Waals surface area contributed by atoms with Gasteiger partial charge in [0.2, 0.25) is 0 Å². The van der Waals surface area contributed by atoms with Gasteiger partial charge in [-0.25, -0.2) is 0 Å². The highest BCUT2D eigenvalue weighted by molar-refractivity contribution is 5.54. The number of hydrogen-bond acceptors (Lipinski definition) is 2. The third kappa shape index (κ3) is 2.94. The molecule has 0 saturated heterocycles. The maximum atomic E-state index is 9.95. The fourth-order valence-corrected chi connectivity index (χ4v) is 3.68. The Balaban J connectivity index is 1.67. The molecule has 0 spiro atoms. The van der Waals surface area contributed by atoms with E-state index >= 15 is 0 Å². The molecule has 1 aromatic carbocycles. The Morgan fingerprint density at radius 2 is 2.00 bits per heavy atom. The Morgan fingerprint density at radius 3 is 2.84 bits per heavy atom. The summed E-state index contributed by atoms with van der Waals surface area (Å²) in [6, 6.07) is 8.86. The van der Waals surface area contributed by atoms with E-state index in [4.69, 9.17) is 0 Å². The van der Waals surface area contributed by atoms with Crippen molar-refractivity contribution >= 4 is 5.69 Å². The Bertz CT molecular complexity index is 417. The monoisotopic (exact) mass is 259 g/mol. The van der Waals surface area contributed by atoms with Crippen LogP contribution in [0.2, 0.25) is 0 Å². The molecule has 1 aliphatic carbocycles. The second kappa shape index (κ2) is 5.96. The van der Waals surface area contributed by atoms with Crippen LogP contribution in [0.3, 0.4) is 0 Å². The van der Waals surface area contributed by atoms with Crippen molar-refractivity contribution in [3.63, 3.8) is 0 Å². The molecule has 104 valence electrons. The Kier molecular flexibility index (Phi) is 4.07. The van der Waals surface area contributed by atoms with Gasteiger partial charge in [-0.1, -0.05) is 24.6 Å². The third-order valence-electron chi connectivity index (χ3n) is 4.85. The lowest BCUT2D eigenvalue weighted by atomic mass is 10.0. The van der Waals surface area contributed by atoms with Gasteiger partial charge in [0.05, 0.1) is 6.10 Å². The quantitative estimate of drug-likeness (QED) is 0.899. The maximum absolute atomic E-state index is 9.95. The average molecular weight is 259 g/mol. The van der Waals surface area contributed by atoms with Crippen molar-refractivity contribution in [2.24, 2.45) is 5.92 Å². The molecule has 1 N–H and O–H groups in total. The van der Waals surface area contributed by atoms with Gasteiger partial charge in [0.1, 0.15) is 0 Å². The van der Waals surface area contributed by atoms with Crippen molar-refractivity contribution < 1.29 is 5.11 Å². The zero-order chi connectivity index (χ0) is 13.1. The van der Waals surface area contributed by atoms with Crippen LogP contribution in [0.25, 0.3) is 0 Å². The predicted octanol–water partition coefficient (Wildman–Crippen LogP) is 3.38. The van der Waals surface area contributed by atoms with E-state index in [-0.39, 0.29) is 6.10 Å². The van der Waals surface area contributed by atoms with Crippen molar-refractivity contribution in [2.45, 2.75) is 51.0 Å². The summed E-state index contributed by atoms with van der Waals surface area (Å²) in [4.78, 5) is 2.55. The summed E-state index contributed by atoms with van der Waals surface area (Å²) in [5.74, 6) is 0.537. The molecular weight excluding hydrogens is 234 g/mol. The summed E-state index contributed by atoms with van der Waals surface area (Å²) in [5.41, 5.74) is 2.94. The minimum atomic E-state index is -0.0396. The van der Waals surface area contributed by atoms with Crippen LogP contribution in [0.1, 0.15) is 44.1 Å². The average Bonchev–Trinajstić information content (AvgIpc) is 2.73. The van der Waals surface area contributed by atoms with E-state index in [1.54, 1.807) is 0 Å². The van der Waals surface area contributed by atoms with Crippen LogP contribution < -0.4 is 4.90 Å². The Labute approximate surface area is 116 Å². The summed E-state index contributed by atoms with van der Waals surface area (Å²) in [5, 5.41) is 9.95. The number of fused-ring (bicyclic) bond motifs is 1. The highest BCUT2D eigenvalue weighted by Crippen LogP contribution is 2.31. The van der Waals surface area contributed by atoms with E-state index < -0.39 is 0 Å². The smallest absolute Gasteiger partial charge is 0.0569 e. The molecule has 1 saturated carbocycles. The number of rotatable bonds is 3. The number of hydrogen-bond donors (Lipinski definition) is 1. The first-order chi connectivity index (χ1) is 9.34. The topological polar surface area (TPSA) is 23.5 Å². The molecule has 2 aliphatic rings. The molecule has 3 rings (SSSR count). The van der Waals surface area contributed by atoms with Crippen LogP contribution in [0, 0.1) is 5.92 Å². The van der Waals surface area contributed by atoms with E-state index in [0.717, 1.165) is 19.4 Å². The lowest BCUT2D eigenvalue weighted by molar-refractivity contribution is 0.129. The fourth-order valence-electron chi connectivity index (χ4n) is 3.68. The van der Waals surface area contributed by atoms with Crippen LogP contribution in [0.5, 0.6) is 0 Å². The molecule has 19 heavy (non-hydrogen) atoms. The number of aliphatic hydroxyl groups is 1. The molecule has 2 nitrogen and oxygen atoms in total. The highest BCUT2D eigenvalue weighted by Gasteiger charge is 2.26. The van der Waals surface area contributed by atoms with Gasteiger partial charge in [0.25, 0.3) is 0 Å². The zero-order valence-corrected chi connectivity index (χ0v) is 11.7. The first kappa shape index (κ1) is 13.0. The van der Waals surface area contributed by atoms with Crippen LogP contribution in [0.15, 0.2) is 24.3 Å². The number of nitrogens with zero attached hydrogens (tertiary/aromatic N) is 1. The normalized spacial score (nSPS) is 27.1. The predicted molar refractivity (Wildman–Crippen MR) is 79.6 cm³/mol. The summed E-state index contributed by atoms with van der Waals surface area (Å²) in [6.45, 7) is 2.29. The van der Waals surface area contributed by atoms with Crippen molar-refractivity contribution in [3.05, 3.63) is 29.8 Å². The van der Waals surface area contributed by atoms with Crippen molar-refractivity contribution in [1.82, 2.24) is 0 Å².